The summed E-state index contributed by atoms with van der Waals surface area (Å²) in [7, 11) is 0. The molecule has 2 N–H and O–H groups in total. The van der Waals surface area contributed by atoms with E-state index in [-0.39, 0.29) is 39.0 Å². The van der Waals surface area contributed by atoms with Crippen LogP contribution in [0, 0.1) is 0 Å². The summed E-state index contributed by atoms with van der Waals surface area (Å²) in [5, 5.41) is 27.8. The topological polar surface area (TPSA) is 113 Å². The van der Waals surface area contributed by atoms with Crippen LogP contribution in [-0.2, 0) is 11.2 Å². The number of hydrogen-bond acceptors (Lipinski definition) is 8. The zero-order valence-electron chi connectivity index (χ0n) is 20.8. The monoisotopic (exact) mass is 560 g/mol. The van der Waals surface area contributed by atoms with E-state index in [1.165, 1.54) is 13.8 Å². The molecule has 206 valence electrons. The number of carbonyl (C=O) groups excluding carboxylic acids is 1. The molecule has 1 aliphatic rings. The summed E-state index contributed by atoms with van der Waals surface area (Å²) in [5.74, 6) is -0.851. The van der Waals surface area contributed by atoms with Crippen LogP contribution >= 0.6 is 11.3 Å². The van der Waals surface area contributed by atoms with Crippen molar-refractivity contribution < 1.29 is 41.4 Å². The Kier molecular flexibility index (Phi) is 7.12. The van der Waals surface area contributed by atoms with Crippen LogP contribution in [-0.4, -0.2) is 55.0 Å². The summed E-state index contributed by atoms with van der Waals surface area (Å²) in [6.07, 6.45) is -6.88. The minimum atomic E-state index is -5.12. The normalized spacial score (nSPS) is 18.3. The van der Waals surface area contributed by atoms with Gasteiger partial charge in [0.05, 0.1) is 4.88 Å². The second-order valence-electron chi connectivity index (χ2n) is 9.83. The molecular formula is C24H25F5N4O4S. The predicted molar refractivity (Wildman–Crippen MR) is 126 cm³/mol. The predicted octanol–water partition coefficient (Wildman–Crippen LogP) is 5.42. The largest absolute Gasteiger partial charge is 0.421 e. The molecule has 0 spiro atoms. The molecule has 1 saturated heterocycles. The van der Waals surface area contributed by atoms with Crippen LogP contribution < -0.4 is 0 Å². The third-order valence-electron chi connectivity index (χ3n) is 6.42. The van der Waals surface area contributed by atoms with Crippen molar-refractivity contribution in [3.63, 3.8) is 0 Å². The maximum absolute atomic E-state index is 14.2. The van der Waals surface area contributed by atoms with Crippen molar-refractivity contribution in [2.45, 2.75) is 70.4 Å². The number of likely N-dealkylation sites (tertiary alicyclic amines) is 1. The third-order valence-corrected chi connectivity index (χ3v) is 7.50. The van der Waals surface area contributed by atoms with Gasteiger partial charge in [-0.05, 0) is 52.2 Å². The van der Waals surface area contributed by atoms with Gasteiger partial charge in [0, 0.05) is 23.7 Å². The van der Waals surface area contributed by atoms with Crippen molar-refractivity contribution in [3.05, 3.63) is 40.9 Å². The molecule has 1 aliphatic heterocycles. The van der Waals surface area contributed by atoms with Gasteiger partial charge in [0.25, 0.3) is 18.2 Å². The zero-order valence-corrected chi connectivity index (χ0v) is 21.6. The van der Waals surface area contributed by atoms with E-state index in [1.54, 1.807) is 4.90 Å². The van der Waals surface area contributed by atoms with Crippen molar-refractivity contribution in [3.8, 4) is 21.3 Å². The van der Waals surface area contributed by atoms with Crippen LogP contribution in [0.5, 0.6) is 0 Å². The molecule has 0 radical (unpaired) electrons. The quantitative estimate of drug-likeness (QED) is 0.387. The van der Waals surface area contributed by atoms with Crippen molar-refractivity contribution in [2.24, 2.45) is 0 Å². The summed E-state index contributed by atoms with van der Waals surface area (Å²) in [4.78, 5) is 19.3. The molecule has 8 nitrogen and oxygen atoms in total. The fraction of sp³-hybridized carbons (Fsp3) is 0.500. The molecule has 1 aromatic carbocycles. The second kappa shape index (κ2) is 9.65. The van der Waals surface area contributed by atoms with E-state index in [1.807, 2.05) is 6.92 Å². The molecule has 1 fully saturated rings. The van der Waals surface area contributed by atoms with E-state index in [2.05, 4.69) is 15.2 Å². The van der Waals surface area contributed by atoms with E-state index >= 15 is 0 Å². The standard InChI is InChI=1S/C24H25F5N4O4S/c1-11-6-5-9-33(11)20(34)15-16(38-19(30-15)18-31-32-21(37-18)22(2,3)35)13-8-7-12(10-14(13)17(25)26)23(4,36)24(27,28)29/h7-8,10-11,17,35-36H,5-6,9H2,1-4H3/t11-,23?/m0/s1. The SMILES string of the molecule is C[C@H]1CCCN1C(=O)c1nc(-c2nnc(C(C)(C)O)o2)sc1-c1ccc(C(C)(O)C(F)(F)F)cc1C(F)F. The Morgan fingerprint density at radius 3 is 2.39 bits per heavy atom. The fourth-order valence-electron chi connectivity index (χ4n) is 4.08. The van der Waals surface area contributed by atoms with Gasteiger partial charge in [-0.1, -0.05) is 12.1 Å². The van der Waals surface area contributed by atoms with Gasteiger partial charge < -0.3 is 19.5 Å². The number of rotatable bonds is 6. The highest BCUT2D eigenvalue weighted by Crippen LogP contribution is 2.44. The van der Waals surface area contributed by atoms with E-state index in [9.17, 15) is 37.0 Å². The van der Waals surface area contributed by atoms with Gasteiger partial charge in [-0.25, -0.2) is 13.8 Å². The van der Waals surface area contributed by atoms with E-state index in [4.69, 9.17) is 4.42 Å². The Hall–Kier alpha value is -2.97. The minimum Gasteiger partial charge on any atom is -0.415 e. The molecule has 3 aromatic rings. The van der Waals surface area contributed by atoms with Crippen LogP contribution in [0.25, 0.3) is 21.3 Å². The number of benzene rings is 1. The van der Waals surface area contributed by atoms with Gasteiger partial charge in [0.15, 0.2) is 10.6 Å². The highest BCUT2D eigenvalue weighted by molar-refractivity contribution is 7.18. The average Bonchev–Trinajstić information content (AvgIpc) is 3.56. The lowest BCUT2D eigenvalue weighted by Crippen LogP contribution is -2.39. The Balaban J connectivity index is 1.89. The minimum absolute atomic E-state index is 0.00443. The highest BCUT2D eigenvalue weighted by atomic mass is 32.1. The van der Waals surface area contributed by atoms with E-state index < -0.39 is 40.8 Å². The fourth-order valence-corrected chi connectivity index (χ4v) is 5.11. The van der Waals surface area contributed by atoms with Crippen molar-refractivity contribution in [2.75, 3.05) is 6.54 Å². The van der Waals surface area contributed by atoms with Gasteiger partial charge in [0.2, 0.25) is 5.89 Å². The number of carbonyl (C=O) groups is 1. The summed E-state index contributed by atoms with van der Waals surface area (Å²) >= 11 is 0.774. The third kappa shape index (κ3) is 5.04. The summed E-state index contributed by atoms with van der Waals surface area (Å²) in [6, 6.07) is 2.34. The number of aliphatic hydroxyl groups is 2. The van der Waals surface area contributed by atoms with Gasteiger partial charge in [-0.3, -0.25) is 4.79 Å². The van der Waals surface area contributed by atoms with Gasteiger partial charge in [-0.2, -0.15) is 13.2 Å². The highest BCUT2D eigenvalue weighted by Gasteiger charge is 2.51. The van der Waals surface area contributed by atoms with Crippen LogP contribution in [0.2, 0.25) is 0 Å². The molecule has 3 heterocycles. The molecule has 1 amide bonds. The van der Waals surface area contributed by atoms with E-state index in [0.29, 0.717) is 19.5 Å². The van der Waals surface area contributed by atoms with Crippen LogP contribution in [0.1, 0.15) is 74.5 Å². The lowest BCUT2D eigenvalue weighted by molar-refractivity contribution is -0.258. The van der Waals surface area contributed by atoms with E-state index in [0.717, 1.165) is 36.3 Å². The smallest absolute Gasteiger partial charge is 0.415 e. The lowest BCUT2D eigenvalue weighted by atomic mass is 9.91. The first-order valence-electron chi connectivity index (χ1n) is 11.6. The van der Waals surface area contributed by atoms with Crippen molar-refractivity contribution in [1.29, 1.82) is 0 Å². The summed E-state index contributed by atoms with van der Waals surface area (Å²) in [6.45, 7) is 5.55. The Morgan fingerprint density at radius 2 is 1.87 bits per heavy atom. The molecule has 2 aromatic heterocycles. The van der Waals surface area contributed by atoms with Gasteiger partial charge in [0.1, 0.15) is 11.3 Å². The molecule has 0 saturated carbocycles. The Labute approximate surface area is 218 Å². The summed E-state index contributed by atoms with van der Waals surface area (Å²) < 4.78 is 74.1. The summed E-state index contributed by atoms with van der Waals surface area (Å²) in [5.41, 5.74) is -6.87. The average molecular weight is 561 g/mol. The first-order chi connectivity index (χ1) is 17.5. The number of hydrogen-bond donors (Lipinski definition) is 2. The number of alkyl halides is 5. The second-order valence-corrected chi connectivity index (χ2v) is 10.8. The molecular weight excluding hydrogens is 535 g/mol. The van der Waals surface area contributed by atoms with Gasteiger partial charge in [-0.15, -0.1) is 21.5 Å². The lowest BCUT2D eigenvalue weighted by Gasteiger charge is -2.27. The molecule has 2 atom stereocenters. The molecule has 4 rings (SSSR count). The van der Waals surface area contributed by atoms with Crippen LogP contribution in [0.3, 0.4) is 0 Å². The number of halogens is 5. The molecule has 0 aliphatic carbocycles. The molecule has 0 bridgehead atoms. The Bertz CT molecular complexity index is 1350. The van der Waals surface area contributed by atoms with Crippen LogP contribution in [0.4, 0.5) is 22.0 Å². The maximum atomic E-state index is 14.2. The zero-order chi connectivity index (χ0) is 28.2. The molecule has 1 unspecified atom stereocenters. The Morgan fingerprint density at radius 1 is 1.18 bits per heavy atom. The number of nitrogens with zero attached hydrogens (tertiary/aromatic N) is 4. The maximum Gasteiger partial charge on any atom is 0.421 e. The molecule has 14 heteroatoms. The first kappa shape index (κ1) is 28.0. The molecule has 38 heavy (non-hydrogen) atoms. The first-order valence-corrected chi connectivity index (χ1v) is 12.4. The van der Waals surface area contributed by atoms with Gasteiger partial charge >= 0.3 is 6.18 Å². The van der Waals surface area contributed by atoms with Crippen molar-refractivity contribution in [1.82, 2.24) is 20.1 Å². The van der Waals surface area contributed by atoms with Crippen molar-refractivity contribution >= 4 is 17.2 Å². The van der Waals surface area contributed by atoms with Crippen LogP contribution in [0.15, 0.2) is 22.6 Å². The number of thiazole rings is 1. The number of amides is 1. The number of aromatic nitrogens is 3.